The van der Waals surface area contributed by atoms with E-state index in [-0.39, 0.29) is 12.5 Å². The molecule has 0 aliphatic carbocycles. The van der Waals surface area contributed by atoms with Gasteiger partial charge in [-0.25, -0.2) is 0 Å². The molecule has 4 nitrogen and oxygen atoms in total. The van der Waals surface area contributed by atoms with E-state index in [0.717, 1.165) is 11.4 Å². The monoisotopic (exact) mass is 297 g/mol. The lowest BCUT2D eigenvalue weighted by molar-refractivity contribution is -0.116. The van der Waals surface area contributed by atoms with Crippen molar-refractivity contribution in [2.45, 2.75) is 20.4 Å². The van der Waals surface area contributed by atoms with Gasteiger partial charge in [-0.15, -0.1) is 0 Å². The van der Waals surface area contributed by atoms with E-state index in [4.69, 9.17) is 23.2 Å². The molecule has 0 aliphatic heterocycles. The van der Waals surface area contributed by atoms with Crippen LogP contribution in [0.5, 0.6) is 0 Å². The zero-order chi connectivity index (χ0) is 14.0. The van der Waals surface area contributed by atoms with E-state index < -0.39 is 0 Å². The normalized spacial score (nSPS) is 10.5. The molecule has 0 atom stereocenters. The largest absolute Gasteiger partial charge is 0.323 e. The first-order valence-electron chi connectivity index (χ1n) is 5.71. The summed E-state index contributed by atoms with van der Waals surface area (Å²) in [6.07, 6.45) is 0. The zero-order valence-electron chi connectivity index (χ0n) is 10.6. The Hall–Kier alpha value is -1.52. The Kier molecular flexibility index (Phi) is 4.12. The average molecular weight is 298 g/mol. The summed E-state index contributed by atoms with van der Waals surface area (Å²) in [5.74, 6) is -0.199. The third-order valence-electron chi connectivity index (χ3n) is 2.60. The summed E-state index contributed by atoms with van der Waals surface area (Å²) in [6, 6.07) is 6.84. The standard InChI is InChI=1S/C13H13Cl2N3O/c1-8-5-9(2)18(17-8)7-13(19)16-12-6-10(14)3-4-11(12)15/h3-6H,7H2,1-2H3,(H,16,19). The van der Waals surface area contributed by atoms with Crippen LogP contribution in [0.2, 0.25) is 10.0 Å². The molecular weight excluding hydrogens is 285 g/mol. The minimum absolute atomic E-state index is 0.141. The van der Waals surface area contributed by atoms with Crippen LogP contribution in [-0.4, -0.2) is 15.7 Å². The van der Waals surface area contributed by atoms with E-state index in [1.807, 2.05) is 19.9 Å². The number of aromatic nitrogens is 2. The van der Waals surface area contributed by atoms with Crippen molar-refractivity contribution in [3.8, 4) is 0 Å². The number of nitrogens with zero attached hydrogens (tertiary/aromatic N) is 2. The van der Waals surface area contributed by atoms with Crippen LogP contribution in [0.4, 0.5) is 5.69 Å². The maximum atomic E-state index is 11.9. The Bertz CT molecular complexity index is 622. The van der Waals surface area contributed by atoms with Crippen LogP contribution >= 0.6 is 23.2 Å². The minimum atomic E-state index is -0.199. The second kappa shape index (κ2) is 5.63. The Balaban J connectivity index is 2.09. The number of hydrogen-bond acceptors (Lipinski definition) is 2. The lowest BCUT2D eigenvalue weighted by Gasteiger charge is -2.08. The highest BCUT2D eigenvalue weighted by molar-refractivity contribution is 6.35. The van der Waals surface area contributed by atoms with Gasteiger partial charge in [-0.3, -0.25) is 9.48 Å². The molecule has 19 heavy (non-hydrogen) atoms. The number of rotatable bonds is 3. The van der Waals surface area contributed by atoms with Gasteiger partial charge >= 0.3 is 0 Å². The molecule has 0 saturated carbocycles. The highest BCUT2D eigenvalue weighted by Crippen LogP contribution is 2.25. The van der Waals surface area contributed by atoms with Gasteiger partial charge in [0.2, 0.25) is 5.91 Å². The second-order valence-corrected chi connectivity index (χ2v) is 5.10. The molecule has 0 aliphatic rings. The molecule has 0 fully saturated rings. The topological polar surface area (TPSA) is 46.9 Å². The first-order chi connectivity index (χ1) is 8.95. The molecule has 1 aromatic carbocycles. The average Bonchev–Trinajstić information content (AvgIpc) is 2.62. The summed E-state index contributed by atoms with van der Waals surface area (Å²) in [5, 5.41) is 7.92. The third-order valence-corrected chi connectivity index (χ3v) is 3.16. The number of anilines is 1. The Morgan fingerprint density at radius 1 is 1.32 bits per heavy atom. The molecule has 6 heteroatoms. The first kappa shape index (κ1) is 13.9. The molecule has 0 saturated heterocycles. The number of hydrogen-bond donors (Lipinski definition) is 1. The predicted octanol–water partition coefficient (Wildman–Crippen LogP) is 3.45. The molecule has 2 rings (SSSR count). The third kappa shape index (κ3) is 3.49. The maximum absolute atomic E-state index is 11.9. The number of amides is 1. The van der Waals surface area contributed by atoms with Crippen molar-refractivity contribution in [1.82, 2.24) is 9.78 Å². The molecular formula is C13H13Cl2N3O. The van der Waals surface area contributed by atoms with Gasteiger partial charge in [-0.05, 0) is 38.1 Å². The summed E-state index contributed by atoms with van der Waals surface area (Å²) in [7, 11) is 0. The zero-order valence-corrected chi connectivity index (χ0v) is 12.1. The van der Waals surface area contributed by atoms with Crippen molar-refractivity contribution in [2.75, 3.05) is 5.32 Å². The van der Waals surface area contributed by atoms with Gasteiger partial charge in [0.15, 0.2) is 0 Å². The number of nitrogens with one attached hydrogen (secondary N) is 1. The van der Waals surface area contributed by atoms with E-state index in [2.05, 4.69) is 10.4 Å². The second-order valence-electron chi connectivity index (χ2n) is 4.26. The van der Waals surface area contributed by atoms with Gasteiger partial charge in [0.1, 0.15) is 6.54 Å². The number of carbonyl (C=O) groups excluding carboxylic acids is 1. The quantitative estimate of drug-likeness (QED) is 0.943. The summed E-state index contributed by atoms with van der Waals surface area (Å²) >= 11 is 11.8. The fourth-order valence-electron chi connectivity index (χ4n) is 1.75. The van der Waals surface area contributed by atoms with Crippen LogP contribution in [0.3, 0.4) is 0 Å². The van der Waals surface area contributed by atoms with Gasteiger partial charge in [-0.2, -0.15) is 5.10 Å². The molecule has 0 unspecified atom stereocenters. The van der Waals surface area contributed by atoms with Gasteiger partial charge in [0.25, 0.3) is 0 Å². The predicted molar refractivity (Wildman–Crippen MR) is 76.8 cm³/mol. The van der Waals surface area contributed by atoms with Gasteiger partial charge in [-0.1, -0.05) is 23.2 Å². The van der Waals surface area contributed by atoms with E-state index in [9.17, 15) is 4.79 Å². The first-order valence-corrected chi connectivity index (χ1v) is 6.47. The van der Waals surface area contributed by atoms with E-state index in [1.54, 1.807) is 22.9 Å². The fraction of sp³-hybridized carbons (Fsp3) is 0.231. The Labute approximate surface area is 121 Å². The molecule has 1 heterocycles. The number of carbonyl (C=O) groups is 1. The van der Waals surface area contributed by atoms with Crippen LogP contribution in [0.15, 0.2) is 24.3 Å². The fourth-order valence-corrected chi connectivity index (χ4v) is 2.09. The lowest BCUT2D eigenvalue weighted by Crippen LogP contribution is -2.20. The minimum Gasteiger partial charge on any atom is -0.323 e. The van der Waals surface area contributed by atoms with E-state index in [1.165, 1.54) is 0 Å². The molecule has 1 amide bonds. The maximum Gasteiger partial charge on any atom is 0.246 e. The van der Waals surface area contributed by atoms with Gasteiger partial charge in [0, 0.05) is 10.7 Å². The van der Waals surface area contributed by atoms with Crippen LogP contribution in [0.25, 0.3) is 0 Å². The molecule has 100 valence electrons. The van der Waals surface area contributed by atoms with Crippen molar-refractivity contribution in [3.05, 3.63) is 45.7 Å². The molecule has 0 bridgehead atoms. The van der Waals surface area contributed by atoms with Crippen LogP contribution in [0, 0.1) is 13.8 Å². The number of aryl methyl sites for hydroxylation is 2. The molecule has 2 aromatic rings. The number of benzene rings is 1. The lowest BCUT2D eigenvalue weighted by atomic mass is 10.3. The highest BCUT2D eigenvalue weighted by Gasteiger charge is 2.09. The van der Waals surface area contributed by atoms with Crippen molar-refractivity contribution in [1.29, 1.82) is 0 Å². The smallest absolute Gasteiger partial charge is 0.246 e. The molecule has 0 spiro atoms. The van der Waals surface area contributed by atoms with E-state index >= 15 is 0 Å². The summed E-state index contributed by atoms with van der Waals surface area (Å²) in [5.41, 5.74) is 2.32. The summed E-state index contributed by atoms with van der Waals surface area (Å²) < 4.78 is 1.64. The van der Waals surface area contributed by atoms with Crippen LogP contribution < -0.4 is 5.32 Å². The molecule has 1 aromatic heterocycles. The summed E-state index contributed by atoms with van der Waals surface area (Å²) in [6.45, 7) is 3.93. The van der Waals surface area contributed by atoms with Crippen molar-refractivity contribution in [3.63, 3.8) is 0 Å². The van der Waals surface area contributed by atoms with Gasteiger partial charge in [0.05, 0.1) is 16.4 Å². The van der Waals surface area contributed by atoms with Crippen molar-refractivity contribution >= 4 is 34.8 Å². The molecule has 1 N–H and O–H groups in total. The Morgan fingerprint density at radius 2 is 2.05 bits per heavy atom. The van der Waals surface area contributed by atoms with Crippen molar-refractivity contribution < 1.29 is 4.79 Å². The van der Waals surface area contributed by atoms with Gasteiger partial charge < -0.3 is 5.32 Å². The summed E-state index contributed by atoms with van der Waals surface area (Å²) in [4.78, 5) is 11.9. The van der Waals surface area contributed by atoms with Crippen molar-refractivity contribution in [2.24, 2.45) is 0 Å². The van der Waals surface area contributed by atoms with Crippen LogP contribution in [-0.2, 0) is 11.3 Å². The van der Waals surface area contributed by atoms with E-state index in [0.29, 0.717) is 15.7 Å². The van der Waals surface area contributed by atoms with Crippen LogP contribution in [0.1, 0.15) is 11.4 Å². The molecule has 0 radical (unpaired) electrons. The highest BCUT2D eigenvalue weighted by atomic mass is 35.5. The SMILES string of the molecule is Cc1cc(C)n(CC(=O)Nc2cc(Cl)ccc2Cl)n1. The number of halogens is 2. The Morgan fingerprint density at radius 3 is 2.68 bits per heavy atom.